The van der Waals surface area contributed by atoms with Crippen molar-refractivity contribution in [3.8, 4) is 44.5 Å². The van der Waals surface area contributed by atoms with E-state index in [1.807, 2.05) is 0 Å². The zero-order valence-corrected chi connectivity index (χ0v) is 29.8. The maximum Gasteiger partial charge on any atom is 0.0165 e. The van der Waals surface area contributed by atoms with Gasteiger partial charge < -0.3 is 0 Å². The van der Waals surface area contributed by atoms with Crippen LogP contribution in [-0.2, 0) is 5.41 Å². The van der Waals surface area contributed by atoms with Gasteiger partial charge in [-0.25, -0.2) is 0 Å². The van der Waals surface area contributed by atoms with E-state index in [9.17, 15) is 0 Å². The first-order valence-corrected chi connectivity index (χ1v) is 18.7. The van der Waals surface area contributed by atoms with Gasteiger partial charge in [0.15, 0.2) is 0 Å². The van der Waals surface area contributed by atoms with E-state index in [1.54, 1.807) is 0 Å². The quantitative estimate of drug-likeness (QED) is 0.129. The predicted molar refractivity (Wildman–Crippen MR) is 228 cm³/mol. The van der Waals surface area contributed by atoms with Crippen molar-refractivity contribution >= 4 is 53.9 Å². The van der Waals surface area contributed by atoms with Gasteiger partial charge in [-0.1, -0.05) is 190 Å². The zero-order chi connectivity index (χ0) is 35.3. The maximum atomic E-state index is 2.48. The van der Waals surface area contributed by atoms with Crippen LogP contribution in [0.3, 0.4) is 0 Å². The molecule has 0 saturated heterocycles. The lowest BCUT2D eigenvalue weighted by Crippen LogP contribution is -2.15. The zero-order valence-electron chi connectivity index (χ0n) is 29.8. The van der Waals surface area contributed by atoms with Crippen LogP contribution in [0.5, 0.6) is 0 Å². The Hall–Kier alpha value is -6.50. The van der Waals surface area contributed by atoms with E-state index >= 15 is 0 Å². The Balaban J connectivity index is 1.21. The van der Waals surface area contributed by atoms with Crippen molar-refractivity contribution in [2.45, 2.75) is 19.3 Å². The molecule has 0 spiro atoms. The lowest BCUT2D eigenvalue weighted by Gasteiger charge is -2.24. The fraction of sp³-hybridized carbons (Fsp3) is 0.0566. The molecule has 0 aromatic heterocycles. The van der Waals surface area contributed by atoms with Gasteiger partial charge in [0.25, 0.3) is 0 Å². The molecule has 0 heterocycles. The fourth-order valence-corrected chi connectivity index (χ4v) is 9.77. The second-order valence-corrected chi connectivity index (χ2v) is 15.1. The number of rotatable bonds is 3. The van der Waals surface area contributed by atoms with Gasteiger partial charge in [0.05, 0.1) is 0 Å². The monoisotopic (exact) mass is 672 g/mol. The summed E-state index contributed by atoms with van der Waals surface area (Å²) in [6.07, 6.45) is 0. The van der Waals surface area contributed by atoms with Gasteiger partial charge in [-0.05, 0) is 116 Å². The Labute approximate surface area is 309 Å². The predicted octanol–water partition coefficient (Wildman–Crippen LogP) is 14.8. The Bertz CT molecular complexity index is 3070. The standard InChI is InChI=1S/C53H36/c1-53(2)48-27-15-14-26-46(48)51-39-21-9-8-20-38(39)47-32-34(28-29-45(47)52(51)53)49-40-22-10-12-24-42(40)50(43-25-13-11-23-41(43)49)44-31-30-35(33-16-4-3-5-17-33)36-18-6-7-19-37(36)44/h3-32H,1-2H3. The average molecular weight is 673 g/mol. The summed E-state index contributed by atoms with van der Waals surface area (Å²) in [6, 6.07) is 67.7. The minimum Gasteiger partial charge on any atom is -0.0622 e. The highest BCUT2D eigenvalue weighted by atomic mass is 14.4. The highest BCUT2D eigenvalue weighted by Gasteiger charge is 2.38. The summed E-state index contributed by atoms with van der Waals surface area (Å²) in [4.78, 5) is 0. The number of fused-ring (bicyclic) bond motifs is 11. The fourth-order valence-electron chi connectivity index (χ4n) is 9.77. The van der Waals surface area contributed by atoms with Crippen molar-refractivity contribution in [3.05, 3.63) is 193 Å². The van der Waals surface area contributed by atoms with Gasteiger partial charge in [0, 0.05) is 5.41 Å². The summed E-state index contributed by atoms with van der Waals surface area (Å²) in [6.45, 7) is 4.80. The first-order chi connectivity index (χ1) is 26.1. The molecule has 0 N–H and O–H groups in total. The van der Waals surface area contributed by atoms with Crippen molar-refractivity contribution in [2.75, 3.05) is 0 Å². The summed E-state index contributed by atoms with van der Waals surface area (Å²) in [5.41, 5.74) is 13.1. The van der Waals surface area contributed by atoms with E-state index in [0.29, 0.717) is 0 Å². The summed E-state index contributed by atoms with van der Waals surface area (Å²) >= 11 is 0. The molecule has 0 unspecified atom stereocenters. The minimum atomic E-state index is -0.102. The highest BCUT2D eigenvalue weighted by Crippen LogP contribution is 2.55. The maximum absolute atomic E-state index is 2.48. The Kier molecular flexibility index (Phi) is 6.40. The molecule has 0 fully saturated rings. The molecule has 0 bridgehead atoms. The Morgan fingerprint density at radius 2 is 0.774 bits per heavy atom. The van der Waals surface area contributed by atoms with E-state index < -0.39 is 0 Å². The lowest BCUT2D eigenvalue weighted by molar-refractivity contribution is 0.666. The summed E-state index contributed by atoms with van der Waals surface area (Å²) in [5, 5.41) is 12.9. The molecule has 0 aliphatic heterocycles. The van der Waals surface area contributed by atoms with Gasteiger partial charge in [-0.3, -0.25) is 0 Å². The molecule has 0 amide bonds. The smallest absolute Gasteiger partial charge is 0.0165 e. The molecule has 1 aliphatic rings. The van der Waals surface area contributed by atoms with Crippen molar-refractivity contribution < 1.29 is 0 Å². The molecule has 0 nitrogen and oxygen atoms in total. The molecule has 53 heavy (non-hydrogen) atoms. The van der Waals surface area contributed by atoms with Crippen molar-refractivity contribution in [3.63, 3.8) is 0 Å². The van der Waals surface area contributed by atoms with Crippen LogP contribution in [0.4, 0.5) is 0 Å². The third-order valence-corrected chi connectivity index (χ3v) is 12.0. The Morgan fingerprint density at radius 3 is 1.43 bits per heavy atom. The second-order valence-electron chi connectivity index (χ2n) is 15.1. The first kappa shape index (κ1) is 30.2. The number of hydrogen-bond acceptors (Lipinski definition) is 0. The van der Waals surface area contributed by atoms with E-state index in [-0.39, 0.29) is 5.41 Å². The van der Waals surface area contributed by atoms with Crippen molar-refractivity contribution in [2.24, 2.45) is 0 Å². The lowest BCUT2D eigenvalue weighted by atomic mass is 9.78. The van der Waals surface area contributed by atoms with Gasteiger partial charge in [0.2, 0.25) is 0 Å². The normalized spacial score (nSPS) is 13.2. The summed E-state index contributed by atoms with van der Waals surface area (Å²) in [5.74, 6) is 0. The van der Waals surface area contributed by atoms with E-state index in [1.165, 1.54) is 109 Å². The molecule has 0 atom stereocenters. The summed E-state index contributed by atoms with van der Waals surface area (Å²) in [7, 11) is 0. The third kappa shape index (κ3) is 4.24. The van der Waals surface area contributed by atoms with Crippen LogP contribution in [-0.4, -0.2) is 0 Å². The van der Waals surface area contributed by atoms with Gasteiger partial charge in [-0.2, -0.15) is 0 Å². The third-order valence-electron chi connectivity index (χ3n) is 12.0. The molecule has 248 valence electrons. The molecular weight excluding hydrogens is 637 g/mol. The number of hydrogen-bond donors (Lipinski definition) is 0. The van der Waals surface area contributed by atoms with Crippen LogP contribution in [0.15, 0.2) is 182 Å². The largest absolute Gasteiger partial charge is 0.0622 e. The van der Waals surface area contributed by atoms with Crippen LogP contribution in [0.1, 0.15) is 25.0 Å². The van der Waals surface area contributed by atoms with E-state index in [4.69, 9.17) is 0 Å². The van der Waals surface area contributed by atoms with Gasteiger partial charge >= 0.3 is 0 Å². The van der Waals surface area contributed by atoms with Crippen LogP contribution in [0, 0.1) is 0 Å². The molecule has 0 radical (unpaired) electrons. The topological polar surface area (TPSA) is 0 Å². The van der Waals surface area contributed by atoms with E-state index in [2.05, 4.69) is 196 Å². The van der Waals surface area contributed by atoms with Crippen LogP contribution < -0.4 is 0 Å². The molecule has 1 aliphatic carbocycles. The van der Waals surface area contributed by atoms with Gasteiger partial charge in [0.1, 0.15) is 0 Å². The molecule has 0 saturated carbocycles. The van der Waals surface area contributed by atoms with Crippen LogP contribution in [0.2, 0.25) is 0 Å². The van der Waals surface area contributed by atoms with Crippen molar-refractivity contribution in [1.29, 1.82) is 0 Å². The first-order valence-electron chi connectivity index (χ1n) is 18.7. The molecule has 10 aromatic rings. The van der Waals surface area contributed by atoms with Gasteiger partial charge in [-0.15, -0.1) is 0 Å². The molecular formula is C53H36. The second kappa shape index (κ2) is 11.2. The van der Waals surface area contributed by atoms with Crippen molar-refractivity contribution in [1.82, 2.24) is 0 Å². The SMILES string of the molecule is CC1(C)c2ccccc2-c2c1c1ccc(-c3c4ccccc4c(-c4ccc(-c5ccccc5)c5ccccc45)c4ccccc34)cc1c1ccccc21. The number of benzene rings is 10. The highest BCUT2D eigenvalue weighted by molar-refractivity contribution is 6.25. The summed E-state index contributed by atoms with van der Waals surface area (Å²) < 4.78 is 0. The minimum absolute atomic E-state index is 0.102. The molecule has 10 aromatic carbocycles. The van der Waals surface area contributed by atoms with Crippen LogP contribution >= 0.6 is 0 Å². The molecule has 11 rings (SSSR count). The Morgan fingerprint density at radius 1 is 0.283 bits per heavy atom. The molecule has 0 heteroatoms. The average Bonchev–Trinajstić information content (AvgIpc) is 3.46. The van der Waals surface area contributed by atoms with E-state index in [0.717, 1.165) is 0 Å². The van der Waals surface area contributed by atoms with Crippen LogP contribution in [0.25, 0.3) is 98.4 Å².